The van der Waals surface area contributed by atoms with Crippen molar-refractivity contribution in [2.24, 2.45) is 5.92 Å². The average molecular weight is 668 g/mol. The summed E-state index contributed by atoms with van der Waals surface area (Å²) in [6, 6.07) is 4.64. The summed E-state index contributed by atoms with van der Waals surface area (Å²) in [6.45, 7) is -0.749. The quantitative estimate of drug-likeness (QED) is 0.271. The molecule has 2 aromatic carbocycles. The number of nitrogens with zero attached hydrogens (tertiary/aromatic N) is 1. The summed E-state index contributed by atoms with van der Waals surface area (Å²) < 4.78 is 134. The number of alkyl halides is 7. The summed E-state index contributed by atoms with van der Waals surface area (Å²) >= 11 is 0. The number of nitrogens with one attached hydrogen (secondary N) is 2. The molecule has 1 atom stereocenters. The van der Waals surface area contributed by atoms with Gasteiger partial charge in [-0.15, -0.1) is 0 Å². The molecule has 1 saturated carbocycles. The Labute approximate surface area is 251 Å². The normalized spacial score (nSPS) is 26.2. The maximum absolute atomic E-state index is 14.7. The first-order chi connectivity index (χ1) is 20.8. The minimum atomic E-state index is -6.39. The van der Waals surface area contributed by atoms with Gasteiger partial charge in [-0.25, -0.2) is 22.0 Å². The summed E-state index contributed by atoms with van der Waals surface area (Å²) in [7, 11) is -4.60. The number of rotatable bonds is 5. The lowest BCUT2D eigenvalue weighted by Crippen LogP contribution is -2.51. The number of likely N-dealkylation sites (tertiary alicyclic amines) is 1. The third kappa shape index (κ3) is 5.12. The van der Waals surface area contributed by atoms with Crippen molar-refractivity contribution in [1.82, 2.24) is 15.5 Å². The Morgan fingerprint density at radius 3 is 1.89 bits per heavy atom. The van der Waals surface area contributed by atoms with Gasteiger partial charge in [0.05, 0.1) is 4.90 Å². The Kier molecular flexibility index (Phi) is 7.73. The molecule has 3 aliphatic rings. The number of benzene rings is 2. The van der Waals surface area contributed by atoms with Crippen LogP contribution in [0.5, 0.6) is 0 Å². The molecule has 45 heavy (non-hydrogen) atoms. The minimum absolute atomic E-state index is 0.124. The number of amides is 4. The third-order valence-corrected chi connectivity index (χ3v) is 11.5. The van der Waals surface area contributed by atoms with Crippen LogP contribution in [0.1, 0.15) is 43.2 Å². The Morgan fingerprint density at radius 2 is 1.40 bits per heavy atom. The van der Waals surface area contributed by atoms with Crippen molar-refractivity contribution < 1.29 is 57.9 Å². The molecule has 0 aromatic heterocycles. The highest BCUT2D eigenvalue weighted by atomic mass is 32.2. The van der Waals surface area contributed by atoms with Gasteiger partial charge < -0.3 is 10.2 Å². The SMILES string of the molecule is O=C1NC(=O)C2(CCC(C(=O)N3CCC(c4ccc(C(F)(C(F)(F)F)C(F)(F)F)cc4)(S(=O)(=O)c4ccc(F)cc4)C3)CC2)N1. The van der Waals surface area contributed by atoms with Crippen LogP contribution in [0.3, 0.4) is 0 Å². The van der Waals surface area contributed by atoms with E-state index in [0.717, 1.165) is 24.3 Å². The third-order valence-electron chi connectivity index (χ3n) is 8.97. The summed E-state index contributed by atoms with van der Waals surface area (Å²) in [4.78, 5) is 38.3. The predicted molar refractivity (Wildman–Crippen MR) is 139 cm³/mol. The Bertz CT molecular complexity index is 1610. The topological polar surface area (TPSA) is 113 Å². The van der Waals surface area contributed by atoms with E-state index in [1.54, 1.807) is 0 Å². The smallest absolute Gasteiger partial charge is 0.340 e. The molecule has 2 N–H and O–H groups in total. The van der Waals surface area contributed by atoms with Crippen LogP contribution in [-0.2, 0) is 29.8 Å². The molecule has 0 radical (unpaired) electrons. The lowest BCUT2D eigenvalue weighted by molar-refractivity contribution is -0.348. The van der Waals surface area contributed by atoms with Crippen molar-refractivity contribution in [3.05, 3.63) is 65.5 Å². The highest BCUT2D eigenvalue weighted by molar-refractivity contribution is 7.92. The summed E-state index contributed by atoms with van der Waals surface area (Å²) in [5, 5.41) is 4.71. The summed E-state index contributed by atoms with van der Waals surface area (Å²) in [5.41, 5.74) is -9.03. The molecular weight excluding hydrogens is 642 g/mol. The number of carbonyl (C=O) groups excluding carboxylic acids is 3. The van der Waals surface area contributed by atoms with Crippen molar-refractivity contribution in [3.8, 4) is 0 Å². The lowest BCUT2D eigenvalue weighted by atomic mass is 9.76. The molecule has 2 aliphatic heterocycles. The van der Waals surface area contributed by atoms with Gasteiger partial charge in [0.15, 0.2) is 9.84 Å². The van der Waals surface area contributed by atoms with Gasteiger partial charge >= 0.3 is 24.1 Å². The molecule has 17 heteroatoms. The van der Waals surface area contributed by atoms with Gasteiger partial charge in [0, 0.05) is 24.6 Å². The minimum Gasteiger partial charge on any atom is -0.340 e. The fourth-order valence-electron chi connectivity index (χ4n) is 6.41. The van der Waals surface area contributed by atoms with Crippen LogP contribution in [0.2, 0.25) is 0 Å². The molecule has 8 nitrogen and oxygen atoms in total. The Hall–Kier alpha value is -3.76. The fourth-order valence-corrected chi connectivity index (χ4v) is 8.48. The van der Waals surface area contributed by atoms with Crippen molar-refractivity contribution in [3.63, 3.8) is 0 Å². The molecule has 2 heterocycles. The second-order valence-corrected chi connectivity index (χ2v) is 13.7. The molecule has 4 amide bonds. The lowest BCUT2D eigenvalue weighted by Gasteiger charge is -2.36. The fraction of sp³-hybridized carbons (Fsp3) is 0.464. The van der Waals surface area contributed by atoms with Gasteiger partial charge in [-0.2, -0.15) is 26.3 Å². The van der Waals surface area contributed by atoms with E-state index in [1.807, 2.05) is 0 Å². The molecule has 2 saturated heterocycles. The van der Waals surface area contributed by atoms with Crippen LogP contribution in [0.25, 0.3) is 0 Å². The van der Waals surface area contributed by atoms with Crippen molar-refractivity contribution in [2.75, 3.05) is 13.1 Å². The number of urea groups is 1. The van der Waals surface area contributed by atoms with E-state index in [1.165, 1.54) is 4.90 Å². The zero-order chi connectivity index (χ0) is 33.2. The first-order valence-corrected chi connectivity index (χ1v) is 15.1. The van der Waals surface area contributed by atoms with Crippen LogP contribution < -0.4 is 10.6 Å². The van der Waals surface area contributed by atoms with Crippen LogP contribution in [0.15, 0.2) is 53.4 Å². The largest absolute Gasteiger partial charge is 0.435 e. The van der Waals surface area contributed by atoms with Gasteiger partial charge in [0.25, 0.3) is 5.91 Å². The predicted octanol–water partition coefficient (Wildman–Crippen LogP) is 4.79. The summed E-state index contributed by atoms with van der Waals surface area (Å²) in [6.07, 6.45) is -12.6. The van der Waals surface area contributed by atoms with Gasteiger partial charge in [-0.1, -0.05) is 24.3 Å². The molecular formula is C28H25F8N3O5S. The molecule has 0 bridgehead atoms. The average Bonchev–Trinajstić information content (AvgIpc) is 3.54. The number of halogens is 8. The van der Waals surface area contributed by atoms with Crippen LogP contribution in [0, 0.1) is 11.7 Å². The van der Waals surface area contributed by atoms with E-state index in [2.05, 4.69) is 10.6 Å². The van der Waals surface area contributed by atoms with E-state index in [4.69, 9.17) is 0 Å². The first-order valence-electron chi connectivity index (χ1n) is 13.6. The summed E-state index contributed by atoms with van der Waals surface area (Å²) in [5.74, 6) is -2.49. The molecule has 3 fully saturated rings. The van der Waals surface area contributed by atoms with Crippen LogP contribution >= 0.6 is 0 Å². The number of sulfone groups is 1. The zero-order valence-electron chi connectivity index (χ0n) is 23.1. The van der Waals surface area contributed by atoms with E-state index in [-0.39, 0.29) is 56.3 Å². The van der Waals surface area contributed by atoms with E-state index in [0.29, 0.717) is 12.1 Å². The standard InChI is InChI=1S/C28H25F8N3O5S/c29-19-5-7-20(8-6-19)45(43,44)25(17-1-3-18(4-2-17)26(30,27(31,32)33)28(34,35)36)13-14-39(15-25)21(40)16-9-11-24(12-10-16)22(41)37-23(42)38-24/h1-8,16H,9-15H2,(H2,37,38,41,42). The number of carbonyl (C=O) groups is 3. The molecule has 1 spiro atoms. The Morgan fingerprint density at radius 1 is 0.844 bits per heavy atom. The van der Waals surface area contributed by atoms with Gasteiger partial charge in [0.1, 0.15) is 16.1 Å². The number of hydrogen-bond acceptors (Lipinski definition) is 5. The molecule has 5 rings (SSSR count). The van der Waals surface area contributed by atoms with Crippen molar-refractivity contribution in [2.45, 2.75) is 65.3 Å². The maximum atomic E-state index is 14.7. The van der Waals surface area contributed by atoms with Crippen molar-refractivity contribution in [1.29, 1.82) is 0 Å². The van der Waals surface area contributed by atoms with E-state index < -0.39 is 84.7 Å². The number of hydrogen-bond donors (Lipinski definition) is 2. The molecule has 2 aromatic rings. The van der Waals surface area contributed by atoms with Gasteiger partial charge in [-0.05, 0) is 61.9 Å². The van der Waals surface area contributed by atoms with Crippen molar-refractivity contribution >= 4 is 27.7 Å². The highest BCUT2D eigenvalue weighted by Crippen LogP contribution is 2.54. The van der Waals surface area contributed by atoms with Crippen LogP contribution in [0.4, 0.5) is 39.9 Å². The molecule has 1 aliphatic carbocycles. The second-order valence-electron chi connectivity index (χ2n) is 11.5. The van der Waals surface area contributed by atoms with E-state index >= 15 is 0 Å². The number of imide groups is 1. The van der Waals surface area contributed by atoms with Crippen LogP contribution in [-0.4, -0.2) is 62.1 Å². The first kappa shape index (κ1) is 32.6. The maximum Gasteiger partial charge on any atom is 0.435 e. The van der Waals surface area contributed by atoms with Gasteiger partial charge in [-0.3, -0.25) is 14.9 Å². The molecule has 1 unspecified atom stereocenters. The van der Waals surface area contributed by atoms with E-state index in [9.17, 15) is 57.9 Å². The Balaban J connectivity index is 1.49. The highest BCUT2D eigenvalue weighted by Gasteiger charge is 2.73. The monoisotopic (exact) mass is 667 g/mol. The van der Waals surface area contributed by atoms with Gasteiger partial charge in [0.2, 0.25) is 5.91 Å². The second kappa shape index (κ2) is 10.7. The molecule has 244 valence electrons. The zero-order valence-corrected chi connectivity index (χ0v) is 23.9.